The number of rotatable bonds is 5. The summed E-state index contributed by atoms with van der Waals surface area (Å²) in [7, 11) is 3.65. The molecular weight excluding hydrogens is 320 g/mol. The fourth-order valence-corrected chi connectivity index (χ4v) is 4.04. The smallest absolute Gasteiger partial charge is 0.227 e. The third-order valence-electron chi connectivity index (χ3n) is 5.43. The summed E-state index contributed by atoms with van der Waals surface area (Å²) in [5.41, 5.74) is 1.24. The van der Waals surface area contributed by atoms with E-state index < -0.39 is 0 Å². The van der Waals surface area contributed by atoms with E-state index in [1.54, 1.807) is 13.3 Å². The fourth-order valence-electron chi connectivity index (χ4n) is 4.04. The summed E-state index contributed by atoms with van der Waals surface area (Å²) in [5.74, 6) is 1.77. The summed E-state index contributed by atoms with van der Waals surface area (Å²) in [5, 5.41) is 13.3. The average Bonchev–Trinajstić information content (AvgIpc) is 3.32. The van der Waals surface area contributed by atoms with Crippen LogP contribution in [-0.2, 0) is 23.1 Å². The van der Waals surface area contributed by atoms with Crippen molar-refractivity contribution in [2.45, 2.75) is 25.8 Å². The molecule has 1 unspecified atom stereocenters. The summed E-state index contributed by atoms with van der Waals surface area (Å²) in [4.78, 5) is 2.36. The van der Waals surface area contributed by atoms with Gasteiger partial charge in [-0.3, -0.25) is 9.25 Å². The molecule has 2 aliphatic heterocycles. The Balaban J connectivity index is 1.63. The van der Waals surface area contributed by atoms with Crippen molar-refractivity contribution in [2.24, 2.45) is 12.5 Å². The third-order valence-corrected chi connectivity index (χ3v) is 5.43. The van der Waals surface area contributed by atoms with E-state index in [-0.39, 0.29) is 5.41 Å². The van der Waals surface area contributed by atoms with Gasteiger partial charge in [-0.15, -0.1) is 10.2 Å². The number of aromatic nitrogens is 5. The van der Waals surface area contributed by atoms with Gasteiger partial charge in [0.1, 0.15) is 5.69 Å². The van der Waals surface area contributed by atoms with Gasteiger partial charge in [0.15, 0.2) is 5.82 Å². The Kier molecular flexibility index (Phi) is 4.47. The van der Waals surface area contributed by atoms with Crippen molar-refractivity contribution >= 4 is 5.95 Å². The summed E-state index contributed by atoms with van der Waals surface area (Å²) < 4.78 is 15.1. The van der Waals surface area contributed by atoms with Gasteiger partial charge in [0.2, 0.25) is 5.95 Å². The lowest BCUT2D eigenvalue weighted by molar-refractivity contribution is 0.00433. The molecule has 2 aromatic heterocycles. The Morgan fingerprint density at radius 2 is 2.24 bits per heavy atom. The Morgan fingerprint density at radius 1 is 1.32 bits per heavy atom. The van der Waals surface area contributed by atoms with Crippen LogP contribution in [0.15, 0.2) is 12.3 Å². The molecule has 4 rings (SSSR count). The predicted octanol–water partition coefficient (Wildman–Crippen LogP) is 1.33. The maximum atomic E-state index is 5.77. The van der Waals surface area contributed by atoms with Crippen LogP contribution < -0.4 is 4.90 Å². The van der Waals surface area contributed by atoms with Crippen LogP contribution in [0.2, 0.25) is 0 Å². The molecule has 0 aromatic carbocycles. The second kappa shape index (κ2) is 6.76. The molecule has 1 atom stereocenters. The normalized spacial score (nSPS) is 23.7. The number of hydrogen-bond acceptors (Lipinski definition) is 6. The maximum Gasteiger partial charge on any atom is 0.227 e. The lowest BCUT2D eigenvalue weighted by Gasteiger charge is -2.33. The van der Waals surface area contributed by atoms with E-state index in [2.05, 4.69) is 24.8 Å². The molecule has 25 heavy (non-hydrogen) atoms. The molecule has 0 saturated carbocycles. The van der Waals surface area contributed by atoms with Crippen molar-refractivity contribution in [1.29, 1.82) is 0 Å². The molecule has 0 N–H and O–H groups in total. The summed E-state index contributed by atoms with van der Waals surface area (Å²) in [6.45, 7) is 5.10. The number of anilines is 1. The maximum absolute atomic E-state index is 5.77. The summed E-state index contributed by atoms with van der Waals surface area (Å²) >= 11 is 0. The van der Waals surface area contributed by atoms with Gasteiger partial charge in [-0.2, -0.15) is 5.10 Å². The molecule has 0 aliphatic carbocycles. The van der Waals surface area contributed by atoms with Gasteiger partial charge in [-0.25, -0.2) is 0 Å². The predicted molar refractivity (Wildman–Crippen MR) is 93.4 cm³/mol. The van der Waals surface area contributed by atoms with Crippen molar-refractivity contribution in [3.63, 3.8) is 0 Å². The molecule has 2 fully saturated rings. The standard InChI is InChI=1S/C17H26N6O2/c1-21-14(4-7-18-21)15-19-20-16(23(15)9-11-24-2)22-8-6-17(12-22)5-3-10-25-13-17/h4,7H,3,5-6,8-13H2,1-2H3. The van der Waals surface area contributed by atoms with Crippen molar-refractivity contribution in [3.8, 4) is 11.5 Å². The second-order valence-corrected chi connectivity index (χ2v) is 7.14. The van der Waals surface area contributed by atoms with Crippen molar-refractivity contribution in [1.82, 2.24) is 24.5 Å². The van der Waals surface area contributed by atoms with Gasteiger partial charge in [0.05, 0.1) is 19.8 Å². The van der Waals surface area contributed by atoms with Gasteiger partial charge >= 0.3 is 0 Å². The number of aryl methyl sites for hydroxylation is 1. The molecule has 0 bridgehead atoms. The van der Waals surface area contributed by atoms with Gasteiger partial charge in [0.25, 0.3) is 0 Å². The van der Waals surface area contributed by atoms with E-state index in [0.717, 1.165) is 63.2 Å². The molecule has 0 radical (unpaired) electrons. The zero-order chi connectivity index (χ0) is 17.3. The van der Waals surface area contributed by atoms with E-state index in [1.165, 1.54) is 6.42 Å². The Morgan fingerprint density at radius 3 is 2.96 bits per heavy atom. The zero-order valence-electron chi connectivity index (χ0n) is 15.0. The quantitative estimate of drug-likeness (QED) is 0.813. The molecule has 8 nitrogen and oxygen atoms in total. The molecule has 136 valence electrons. The average molecular weight is 346 g/mol. The molecule has 4 heterocycles. The minimum absolute atomic E-state index is 0.281. The molecular formula is C17H26N6O2. The number of nitrogens with zero attached hydrogens (tertiary/aromatic N) is 6. The fraction of sp³-hybridized carbons (Fsp3) is 0.706. The van der Waals surface area contributed by atoms with E-state index in [4.69, 9.17) is 9.47 Å². The molecule has 2 saturated heterocycles. The van der Waals surface area contributed by atoms with Crippen LogP contribution in [0.4, 0.5) is 5.95 Å². The highest BCUT2D eigenvalue weighted by molar-refractivity contribution is 5.53. The van der Waals surface area contributed by atoms with Crippen LogP contribution in [0, 0.1) is 5.41 Å². The van der Waals surface area contributed by atoms with Crippen molar-refractivity contribution in [2.75, 3.05) is 44.9 Å². The summed E-state index contributed by atoms with van der Waals surface area (Å²) in [6.07, 6.45) is 5.34. The lowest BCUT2D eigenvalue weighted by atomic mass is 9.82. The molecule has 1 spiro atoms. The SMILES string of the molecule is COCCn1c(-c2ccnn2C)nnc1N1CCC2(CCCOC2)C1. The van der Waals surface area contributed by atoms with Crippen LogP contribution in [0.3, 0.4) is 0 Å². The monoisotopic (exact) mass is 346 g/mol. The zero-order valence-corrected chi connectivity index (χ0v) is 15.0. The van der Waals surface area contributed by atoms with E-state index in [9.17, 15) is 0 Å². The largest absolute Gasteiger partial charge is 0.383 e. The number of methoxy groups -OCH3 is 1. The van der Waals surface area contributed by atoms with Gasteiger partial charge < -0.3 is 14.4 Å². The van der Waals surface area contributed by atoms with Gasteiger partial charge in [-0.1, -0.05) is 0 Å². The first-order valence-electron chi connectivity index (χ1n) is 8.96. The highest BCUT2D eigenvalue weighted by Crippen LogP contribution is 2.39. The minimum Gasteiger partial charge on any atom is -0.383 e. The number of ether oxygens (including phenoxy) is 2. The first-order valence-corrected chi connectivity index (χ1v) is 8.96. The van der Waals surface area contributed by atoms with Crippen molar-refractivity contribution < 1.29 is 9.47 Å². The first-order chi connectivity index (χ1) is 12.2. The van der Waals surface area contributed by atoms with Gasteiger partial charge in [-0.05, 0) is 25.3 Å². The molecule has 0 amide bonds. The molecule has 8 heteroatoms. The van der Waals surface area contributed by atoms with Gasteiger partial charge in [0, 0.05) is 45.5 Å². The second-order valence-electron chi connectivity index (χ2n) is 7.14. The van der Waals surface area contributed by atoms with Crippen LogP contribution >= 0.6 is 0 Å². The molecule has 2 aromatic rings. The Hall–Kier alpha value is -1.93. The highest BCUT2D eigenvalue weighted by Gasteiger charge is 2.41. The van der Waals surface area contributed by atoms with Crippen LogP contribution in [-0.4, -0.2) is 64.6 Å². The first kappa shape index (κ1) is 16.5. The Bertz CT molecular complexity index is 719. The van der Waals surface area contributed by atoms with E-state index in [1.807, 2.05) is 17.8 Å². The lowest BCUT2D eigenvalue weighted by Crippen LogP contribution is -2.35. The number of hydrogen-bond donors (Lipinski definition) is 0. The van der Waals surface area contributed by atoms with E-state index >= 15 is 0 Å². The van der Waals surface area contributed by atoms with Crippen molar-refractivity contribution in [3.05, 3.63) is 12.3 Å². The van der Waals surface area contributed by atoms with Crippen LogP contribution in [0.1, 0.15) is 19.3 Å². The van der Waals surface area contributed by atoms with E-state index in [0.29, 0.717) is 6.61 Å². The van der Waals surface area contributed by atoms with Crippen LogP contribution in [0.5, 0.6) is 0 Å². The van der Waals surface area contributed by atoms with Crippen LogP contribution in [0.25, 0.3) is 11.5 Å². The summed E-state index contributed by atoms with van der Waals surface area (Å²) in [6, 6.07) is 1.97. The third kappa shape index (κ3) is 3.04. The Labute approximate surface area is 147 Å². The highest BCUT2D eigenvalue weighted by atomic mass is 16.5. The minimum atomic E-state index is 0.281. The topological polar surface area (TPSA) is 70.2 Å². The molecule has 2 aliphatic rings.